The Morgan fingerprint density at radius 2 is 1.93 bits per heavy atom. The molecule has 1 heterocycles. The minimum absolute atomic E-state index is 0.445. The first-order valence-electron chi connectivity index (χ1n) is 4.27. The fourth-order valence-electron chi connectivity index (χ4n) is 1.16. The van der Waals surface area contributed by atoms with Crippen molar-refractivity contribution in [2.45, 2.75) is 0 Å². The van der Waals surface area contributed by atoms with Crippen molar-refractivity contribution in [3.63, 3.8) is 0 Å². The van der Waals surface area contributed by atoms with E-state index in [-0.39, 0.29) is 0 Å². The number of rotatable bonds is 1. The molecule has 0 N–H and O–H groups in total. The fourth-order valence-corrected chi connectivity index (χ4v) is 1.35. The Morgan fingerprint density at radius 1 is 1.20 bits per heavy atom. The van der Waals surface area contributed by atoms with Crippen molar-refractivity contribution in [2.75, 3.05) is 0 Å². The van der Waals surface area contributed by atoms with Crippen molar-refractivity contribution in [1.29, 1.82) is 5.26 Å². The summed E-state index contributed by atoms with van der Waals surface area (Å²) in [5.41, 5.74) is 1.28. The van der Waals surface area contributed by atoms with Crippen molar-refractivity contribution < 1.29 is 0 Å². The van der Waals surface area contributed by atoms with Crippen molar-refractivity contribution >= 4 is 11.6 Å². The minimum atomic E-state index is 0.445. The van der Waals surface area contributed by atoms with Gasteiger partial charge in [0.2, 0.25) is 0 Å². The van der Waals surface area contributed by atoms with Gasteiger partial charge in [0.1, 0.15) is 6.07 Å². The molecule has 0 aliphatic carbocycles. The highest BCUT2D eigenvalue weighted by molar-refractivity contribution is 6.30. The summed E-state index contributed by atoms with van der Waals surface area (Å²) in [5.74, 6) is 0.566. The third-order valence-electron chi connectivity index (χ3n) is 1.86. The Morgan fingerprint density at radius 3 is 2.53 bits per heavy atom. The van der Waals surface area contributed by atoms with Gasteiger partial charge < -0.3 is 0 Å². The highest BCUT2D eigenvalue weighted by Gasteiger charge is 2.01. The zero-order chi connectivity index (χ0) is 10.7. The minimum Gasteiger partial charge on any atom is -0.235 e. The quantitative estimate of drug-likeness (QED) is 0.735. The van der Waals surface area contributed by atoms with Gasteiger partial charge in [-0.3, -0.25) is 0 Å². The molecule has 15 heavy (non-hydrogen) atoms. The van der Waals surface area contributed by atoms with Gasteiger partial charge >= 0.3 is 0 Å². The van der Waals surface area contributed by atoms with E-state index >= 15 is 0 Å². The summed E-state index contributed by atoms with van der Waals surface area (Å²) in [5, 5.41) is 9.23. The van der Waals surface area contributed by atoms with Crippen LogP contribution in [0.5, 0.6) is 0 Å². The van der Waals surface area contributed by atoms with Gasteiger partial charge in [-0.15, -0.1) is 0 Å². The second kappa shape index (κ2) is 4.07. The molecule has 3 nitrogen and oxygen atoms in total. The number of hydrogen-bond acceptors (Lipinski definition) is 3. The van der Waals surface area contributed by atoms with Crippen LogP contribution >= 0.6 is 11.6 Å². The molecule has 0 saturated heterocycles. The molecular weight excluding hydrogens is 210 g/mol. The van der Waals surface area contributed by atoms with Crippen LogP contribution in [0, 0.1) is 11.3 Å². The average molecular weight is 216 g/mol. The van der Waals surface area contributed by atoms with E-state index in [1.165, 1.54) is 12.4 Å². The number of benzene rings is 1. The van der Waals surface area contributed by atoms with E-state index in [2.05, 4.69) is 9.97 Å². The molecular formula is C11H6ClN3. The van der Waals surface area contributed by atoms with E-state index in [1.807, 2.05) is 18.2 Å². The second-order valence-corrected chi connectivity index (χ2v) is 3.35. The number of halogens is 1. The molecule has 0 aliphatic rings. The second-order valence-electron chi connectivity index (χ2n) is 2.92. The molecule has 0 unspecified atom stereocenters. The lowest BCUT2D eigenvalue weighted by Gasteiger charge is -1.99. The van der Waals surface area contributed by atoms with Gasteiger partial charge in [0.05, 0.1) is 5.56 Å². The van der Waals surface area contributed by atoms with E-state index in [4.69, 9.17) is 16.9 Å². The molecule has 0 spiro atoms. The Labute approximate surface area is 92.0 Å². The Bertz CT molecular complexity index is 514. The largest absolute Gasteiger partial charge is 0.235 e. The van der Waals surface area contributed by atoms with Gasteiger partial charge in [-0.25, -0.2) is 9.97 Å². The molecule has 2 rings (SSSR count). The number of nitrogens with zero attached hydrogens (tertiary/aromatic N) is 3. The predicted octanol–water partition coefficient (Wildman–Crippen LogP) is 2.67. The number of nitriles is 1. The maximum absolute atomic E-state index is 8.59. The summed E-state index contributed by atoms with van der Waals surface area (Å²) in [6, 6.07) is 9.23. The van der Waals surface area contributed by atoms with Crippen LogP contribution in [-0.2, 0) is 0 Å². The average Bonchev–Trinajstić information content (AvgIpc) is 2.29. The smallest absolute Gasteiger partial charge is 0.159 e. The molecule has 0 amide bonds. The van der Waals surface area contributed by atoms with Crippen molar-refractivity contribution in [2.24, 2.45) is 0 Å². The first kappa shape index (κ1) is 9.63. The summed E-state index contributed by atoms with van der Waals surface area (Å²) in [6.07, 6.45) is 2.98. The van der Waals surface area contributed by atoms with E-state index in [0.29, 0.717) is 16.4 Å². The van der Waals surface area contributed by atoms with Crippen LogP contribution in [-0.4, -0.2) is 9.97 Å². The van der Waals surface area contributed by atoms with E-state index < -0.39 is 0 Å². The molecule has 0 bridgehead atoms. The summed E-state index contributed by atoms with van der Waals surface area (Å²) in [7, 11) is 0. The van der Waals surface area contributed by atoms with Crippen LogP contribution in [0.3, 0.4) is 0 Å². The maximum atomic E-state index is 8.59. The first-order chi connectivity index (χ1) is 7.29. The zero-order valence-electron chi connectivity index (χ0n) is 7.68. The Balaban J connectivity index is 2.42. The number of hydrogen-bond donors (Lipinski definition) is 0. The molecule has 1 aromatic heterocycles. The van der Waals surface area contributed by atoms with Gasteiger partial charge in [0.15, 0.2) is 5.82 Å². The Hall–Kier alpha value is -1.92. The normalized spacial score (nSPS) is 9.60. The molecule has 4 heteroatoms. The van der Waals surface area contributed by atoms with Crippen LogP contribution in [0.15, 0.2) is 36.7 Å². The lowest BCUT2D eigenvalue weighted by molar-refractivity contribution is 1.16. The topological polar surface area (TPSA) is 49.6 Å². The molecule has 0 aliphatic heterocycles. The Kier molecular flexibility index (Phi) is 2.61. The van der Waals surface area contributed by atoms with Gasteiger partial charge in [0.25, 0.3) is 0 Å². The third kappa shape index (κ3) is 2.12. The lowest BCUT2D eigenvalue weighted by atomic mass is 10.2. The summed E-state index contributed by atoms with van der Waals surface area (Å²) >= 11 is 5.85. The van der Waals surface area contributed by atoms with Crippen LogP contribution in [0.25, 0.3) is 11.4 Å². The zero-order valence-corrected chi connectivity index (χ0v) is 8.44. The standard InChI is InChI=1S/C11H6ClN3/c12-10-3-1-2-9(4-10)11-14-6-8(5-13)7-15-11/h1-4,6-7H. The molecule has 72 valence electrons. The van der Waals surface area contributed by atoms with Gasteiger partial charge in [0, 0.05) is 23.0 Å². The molecule has 1 aromatic carbocycles. The molecule has 0 saturated carbocycles. The summed E-state index contributed by atoms with van der Waals surface area (Å²) < 4.78 is 0. The van der Waals surface area contributed by atoms with Crippen LogP contribution in [0.2, 0.25) is 5.02 Å². The maximum Gasteiger partial charge on any atom is 0.159 e. The van der Waals surface area contributed by atoms with Crippen LogP contribution in [0.4, 0.5) is 0 Å². The van der Waals surface area contributed by atoms with E-state index in [0.717, 1.165) is 5.56 Å². The SMILES string of the molecule is N#Cc1cnc(-c2cccc(Cl)c2)nc1. The lowest BCUT2D eigenvalue weighted by Crippen LogP contribution is -1.89. The third-order valence-corrected chi connectivity index (χ3v) is 2.10. The predicted molar refractivity (Wildman–Crippen MR) is 57.2 cm³/mol. The highest BCUT2D eigenvalue weighted by atomic mass is 35.5. The monoisotopic (exact) mass is 215 g/mol. The van der Waals surface area contributed by atoms with E-state index in [9.17, 15) is 0 Å². The first-order valence-corrected chi connectivity index (χ1v) is 4.65. The van der Waals surface area contributed by atoms with Gasteiger partial charge in [-0.05, 0) is 12.1 Å². The van der Waals surface area contributed by atoms with Crippen molar-refractivity contribution in [1.82, 2.24) is 9.97 Å². The van der Waals surface area contributed by atoms with Crippen molar-refractivity contribution in [3.05, 3.63) is 47.2 Å². The molecule has 0 fully saturated rings. The molecule has 0 radical (unpaired) electrons. The summed E-state index contributed by atoms with van der Waals surface area (Å²) in [4.78, 5) is 8.14. The van der Waals surface area contributed by atoms with Crippen LogP contribution < -0.4 is 0 Å². The van der Waals surface area contributed by atoms with Crippen molar-refractivity contribution in [3.8, 4) is 17.5 Å². The van der Waals surface area contributed by atoms with E-state index in [1.54, 1.807) is 12.1 Å². The fraction of sp³-hybridized carbons (Fsp3) is 0. The molecule has 2 aromatic rings. The highest BCUT2D eigenvalue weighted by Crippen LogP contribution is 2.18. The van der Waals surface area contributed by atoms with Gasteiger partial charge in [-0.1, -0.05) is 23.7 Å². The van der Waals surface area contributed by atoms with Crippen LogP contribution in [0.1, 0.15) is 5.56 Å². The van der Waals surface area contributed by atoms with Gasteiger partial charge in [-0.2, -0.15) is 5.26 Å². The number of aromatic nitrogens is 2. The summed E-state index contributed by atoms with van der Waals surface area (Å²) in [6.45, 7) is 0. The molecule has 0 atom stereocenters.